The number of rotatable bonds is 4. The zero-order valence-corrected chi connectivity index (χ0v) is 11.9. The minimum atomic E-state index is -0.652. The highest BCUT2D eigenvalue weighted by atomic mass is 16.4. The van der Waals surface area contributed by atoms with Crippen molar-refractivity contribution in [2.24, 2.45) is 5.92 Å². The molecule has 0 unspecified atom stereocenters. The molecule has 2 atom stereocenters. The molecule has 2 rings (SSSR count). The van der Waals surface area contributed by atoms with Crippen LogP contribution in [0.1, 0.15) is 68.9 Å². The maximum Gasteiger partial charge on any atom is 0.303 e. The van der Waals surface area contributed by atoms with Gasteiger partial charge < -0.3 is 5.11 Å². The third kappa shape index (κ3) is 3.82. The fraction of sp³-hybridized carbons (Fsp3) is 0.588. The Kier molecular flexibility index (Phi) is 4.62. The molecule has 0 heterocycles. The second-order valence-corrected chi connectivity index (χ2v) is 6.15. The van der Waals surface area contributed by atoms with E-state index in [1.165, 1.54) is 17.5 Å². The topological polar surface area (TPSA) is 37.3 Å². The molecule has 2 nitrogen and oxygen atoms in total. The lowest BCUT2D eigenvalue weighted by molar-refractivity contribution is -0.138. The maximum absolute atomic E-state index is 10.8. The zero-order valence-electron chi connectivity index (χ0n) is 11.9. The first-order valence-corrected chi connectivity index (χ1v) is 7.38. The molecule has 1 aliphatic carbocycles. The fourth-order valence-corrected chi connectivity index (χ4v) is 3.18. The highest BCUT2D eigenvalue weighted by Crippen LogP contribution is 2.37. The van der Waals surface area contributed by atoms with Crippen LogP contribution in [0.2, 0.25) is 0 Å². The van der Waals surface area contributed by atoms with Crippen LogP contribution < -0.4 is 0 Å². The Bertz CT molecular complexity index is 419. The van der Waals surface area contributed by atoms with Gasteiger partial charge in [-0.25, -0.2) is 0 Å². The first-order valence-electron chi connectivity index (χ1n) is 7.38. The average Bonchev–Trinajstić information content (AvgIpc) is 2.38. The van der Waals surface area contributed by atoms with Gasteiger partial charge in [0.25, 0.3) is 0 Å². The van der Waals surface area contributed by atoms with Gasteiger partial charge in [-0.05, 0) is 48.1 Å². The van der Waals surface area contributed by atoms with Crippen LogP contribution in [0.5, 0.6) is 0 Å². The predicted octanol–water partition coefficient (Wildman–Crippen LogP) is 4.56. The zero-order chi connectivity index (χ0) is 13.8. The van der Waals surface area contributed by atoms with E-state index in [0.717, 1.165) is 19.3 Å². The summed E-state index contributed by atoms with van der Waals surface area (Å²) in [4.78, 5) is 10.8. The molecule has 0 amide bonds. The average molecular weight is 260 g/mol. The Morgan fingerprint density at radius 3 is 2.53 bits per heavy atom. The molecule has 1 N–H and O–H groups in total. The highest BCUT2D eigenvalue weighted by molar-refractivity contribution is 5.67. The normalized spacial score (nSPS) is 23.5. The van der Waals surface area contributed by atoms with Crippen LogP contribution in [0.4, 0.5) is 0 Å². The van der Waals surface area contributed by atoms with E-state index < -0.39 is 5.97 Å². The molecule has 1 fully saturated rings. The Hall–Kier alpha value is -1.31. The molecule has 0 aliphatic heterocycles. The van der Waals surface area contributed by atoms with Crippen molar-refractivity contribution in [1.29, 1.82) is 0 Å². The van der Waals surface area contributed by atoms with E-state index in [2.05, 4.69) is 38.1 Å². The molecular weight excluding hydrogens is 236 g/mol. The minimum absolute atomic E-state index is 0.334. The molecule has 0 aromatic heterocycles. The summed E-state index contributed by atoms with van der Waals surface area (Å²) in [6.07, 6.45) is 4.81. The molecular formula is C17H24O2. The SMILES string of the molecule is CC(C)c1ccc([C@H]2CCC[C@@H](CC(=O)O)C2)cc1. The second-order valence-electron chi connectivity index (χ2n) is 6.15. The molecule has 0 spiro atoms. The van der Waals surface area contributed by atoms with Crippen molar-refractivity contribution in [3.05, 3.63) is 35.4 Å². The maximum atomic E-state index is 10.8. The third-order valence-corrected chi connectivity index (χ3v) is 4.32. The molecule has 1 aromatic carbocycles. The quantitative estimate of drug-likeness (QED) is 0.861. The molecule has 2 heteroatoms. The summed E-state index contributed by atoms with van der Waals surface area (Å²) in [5.74, 6) is 0.835. The first-order chi connectivity index (χ1) is 9.06. The van der Waals surface area contributed by atoms with E-state index in [0.29, 0.717) is 24.2 Å². The van der Waals surface area contributed by atoms with Gasteiger partial charge in [0.2, 0.25) is 0 Å². The number of aliphatic carboxylic acids is 1. The van der Waals surface area contributed by atoms with Gasteiger partial charge in [-0.2, -0.15) is 0 Å². The molecule has 104 valence electrons. The van der Waals surface area contributed by atoms with E-state index in [-0.39, 0.29) is 0 Å². The number of carboxylic acid groups (broad SMARTS) is 1. The van der Waals surface area contributed by atoms with Gasteiger partial charge >= 0.3 is 5.97 Å². The van der Waals surface area contributed by atoms with Crippen molar-refractivity contribution in [3.8, 4) is 0 Å². The van der Waals surface area contributed by atoms with Gasteiger partial charge in [-0.15, -0.1) is 0 Å². The van der Waals surface area contributed by atoms with Crippen molar-refractivity contribution >= 4 is 5.97 Å². The summed E-state index contributed by atoms with van der Waals surface area (Å²) < 4.78 is 0. The van der Waals surface area contributed by atoms with Crippen LogP contribution in [-0.4, -0.2) is 11.1 Å². The lowest BCUT2D eigenvalue weighted by Crippen LogP contribution is -2.17. The van der Waals surface area contributed by atoms with Crippen LogP contribution in [0.3, 0.4) is 0 Å². The lowest BCUT2D eigenvalue weighted by atomic mass is 9.76. The van der Waals surface area contributed by atoms with E-state index in [1.807, 2.05) is 0 Å². The molecule has 0 saturated heterocycles. The molecule has 1 aromatic rings. The monoisotopic (exact) mass is 260 g/mol. The molecule has 0 bridgehead atoms. The van der Waals surface area contributed by atoms with Crippen molar-refractivity contribution in [1.82, 2.24) is 0 Å². The number of benzene rings is 1. The second kappa shape index (κ2) is 6.23. The fourth-order valence-electron chi connectivity index (χ4n) is 3.18. The van der Waals surface area contributed by atoms with Crippen molar-refractivity contribution in [2.45, 2.75) is 57.8 Å². The Labute approximate surface area is 115 Å². The summed E-state index contributed by atoms with van der Waals surface area (Å²) in [6, 6.07) is 8.92. The predicted molar refractivity (Wildman–Crippen MR) is 77.5 cm³/mol. The third-order valence-electron chi connectivity index (χ3n) is 4.32. The van der Waals surface area contributed by atoms with E-state index in [4.69, 9.17) is 5.11 Å². The highest BCUT2D eigenvalue weighted by Gasteiger charge is 2.24. The van der Waals surface area contributed by atoms with Gasteiger partial charge in [0.05, 0.1) is 0 Å². The van der Waals surface area contributed by atoms with E-state index in [1.54, 1.807) is 0 Å². The summed E-state index contributed by atoms with van der Waals surface area (Å²) in [5, 5.41) is 8.92. The van der Waals surface area contributed by atoms with Crippen LogP contribution in [-0.2, 0) is 4.79 Å². The standard InChI is InChI=1S/C17H24O2/c1-12(2)14-6-8-15(9-7-14)16-5-3-4-13(10-16)11-17(18)19/h6-9,12-13,16H,3-5,10-11H2,1-2H3,(H,18,19)/t13-,16+/m1/s1. The van der Waals surface area contributed by atoms with Gasteiger partial charge in [0.15, 0.2) is 0 Å². The van der Waals surface area contributed by atoms with Crippen LogP contribution in [0, 0.1) is 5.92 Å². The minimum Gasteiger partial charge on any atom is -0.481 e. The van der Waals surface area contributed by atoms with Crippen molar-refractivity contribution in [3.63, 3.8) is 0 Å². The number of hydrogen-bond donors (Lipinski definition) is 1. The van der Waals surface area contributed by atoms with Crippen LogP contribution >= 0.6 is 0 Å². The number of carboxylic acids is 1. The molecule has 19 heavy (non-hydrogen) atoms. The molecule has 1 aliphatic rings. The summed E-state index contributed by atoms with van der Waals surface area (Å²) in [5.41, 5.74) is 2.76. The van der Waals surface area contributed by atoms with Crippen LogP contribution in [0.15, 0.2) is 24.3 Å². The number of carbonyl (C=O) groups is 1. The largest absolute Gasteiger partial charge is 0.481 e. The molecule has 0 radical (unpaired) electrons. The smallest absolute Gasteiger partial charge is 0.303 e. The Balaban J connectivity index is 2.02. The summed E-state index contributed by atoms with van der Waals surface area (Å²) in [6.45, 7) is 4.41. The van der Waals surface area contributed by atoms with Crippen LogP contribution in [0.25, 0.3) is 0 Å². The van der Waals surface area contributed by atoms with Gasteiger partial charge in [-0.1, -0.05) is 44.5 Å². The van der Waals surface area contributed by atoms with Crippen molar-refractivity contribution < 1.29 is 9.90 Å². The Morgan fingerprint density at radius 1 is 1.26 bits per heavy atom. The van der Waals surface area contributed by atoms with E-state index in [9.17, 15) is 4.79 Å². The molecule has 1 saturated carbocycles. The lowest BCUT2D eigenvalue weighted by Gasteiger charge is -2.28. The Morgan fingerprint density at radius 2 is 1.95 bits per heavy atom. The van der Waals surface area contributed by atoms with Gasteiger partial charge in [0, 0.05) is 6.42 Å². The van der Waals surface area contributed by atoms with Crippen molar-refractivity contribution in [2.75, 3.05) is 0 Å². The number of hydrogen-bond acceptors (Lipinski definition) is 1. The first kappa shape index (κ1) is 14.1. The van der Waals surface area contributed by atoms with E-state index >= 15 is 0 Å². The van der Waals surface area contributed by atoms with Gasteiger partial charge in [-0.3, -0.25) is 4.79 Å². The summed E-state index contributed by atoms with van der Waals surface area (Å²) in [7, 11) is 0. The van der Waals surface area contributed by atoms with Gasteiger partial charge in [0.1, 0.15) is 0 Å². The summed E-state index contributed by atoms with van der Waals surface area (Å²) >= 11 is 0.